The number of carboxylic acid groups (broad SMARTS) is 1. The molecule has 0 radical (unpaired) electrons. The quantitative estimate of drug-likeness (QED) is 0.828. The maximum absolute atomic E-state index is 12.0. The van der Waals surface area contributed by atoms with Gasteiger partial charge in [-0.05, 0) is 11.1 Å². The molecule has 5 heteroatoms. The van der Waals surface area contributed by atoms with Crippen molar-refractivity contribution in [3.05, 3.63) is 71.8 Å². The summed E-state index contributed by atoms with van der Waals surface area (Å²) in [5.41, 5.74) is -0.910. The summed E-state index contributed by atoms with van der Waals surface area (Å²) >= 11 is 0. The number of hydrogen-bond acceptors (Lipinski definition) is 4. The highest BCUT2D eigenvalue weighted by atomic mass is 16.6. The Kier molecular flexibility index (Phi) is 4.91. The lowest BCUT2D eigenvalue weighted by Gasteiger charge is -2.30. The van der Waals surface area contributed by atoms with Gasteiger partial charge in [-0.3, -0.25) is 0 Å². The first-order chi connectivity index (χ1) is 10.6. The third-order valence-corrected chi connectivity index (χ3v) is 3.30. The van der Waals surface area contributed by atoms with Crippen LogP contribution >= 0.6 is 0 Å². The van der Waals surface area contributed by atoms with Gasteiger partial charge in [-0.15, -0.1) is 0 Å². The van der Waals surface area contributed by atoms with Gasteiger partial charge < -0.3 is 14.6 Å². The minimum absolute atomic E-state index is 0.428. The first-order valence-corrected chi connectivity index (χ1v) is 6.66. The average molecular weight is 300 g/mol. The van der Waals surface area contributed by atoms with Crippen LogP contribution < -0.4 is 0 Å². The normalized spacial score (nSPS) is 11.0. The van der Waals surface area contributed by atoms with E-state index in [0.29, 0.717) is 11.1 Å². The van der Waals surface area contributed by atoms with Gasteiger partial charge in [-0.2, -0.15) is 0 Å². The van der Waals surface area contributed by atoms with Crippen LogP contribution in [-0.2, 0) is 24.7 Å². The molecule has 2 aromatic carbocycles. The lowest BCUT2D eigenvalue weighted by Crippen LogP contribution is -2.41. The summed E-state index contributed by atoms with van der Waals surface area (Å²) in [6, 6.07) is 17.0. The lowest BCUT2D eigenvalue weighted by molar-refractivity contribution is -0.168. The molecule has 0 spiro atoms. The fraction of sp³-hybridized carbons (Fsp3) is 0.176. The maximum Gasteiger partial charge on any atom is 0.345 e. The van der Waals surface area contributed by atoms with Crippen LogP contribution in [0.15, 0.2) is 60.7 Å². The van der Waals surface area contributed by atoms with Gasteiger partial charge in [0.25, 0.3) is 0 Å². The minimum atomic E-state index is -1.77. The molecule has 0 atom stereocenters. The van der Waals surface area contributed by atoms with Crippen LogP contribution in [0.1, 0.15) is 11.1 Å². The van der Waals surface area contributed by atoms with Gasteiger partial charge >= 0.3 is 11.9 Å². The van der Waals surface area contributed by atoms with Crippen LogP contribution in [-0.4, -0.2) is 30.8 Å². The summed E-state index contributed by atoms with van der Waals surface area (Å²) in [7, 11) is 1.22. The Bertz CT molecular complexity index is 597. The van der Waals surface area contributed by atoms with Crippen molar-refractivity contribution in [3.8, 4) is 0 Å². The summed E-state index contributed by atoms with van der Waals surface area (Å²) in [5, 5.41) is 9.84. The van der Waals surface area contributed by atoms with Crippen molar-refractivity contribution >= 4 is 11.9 Å². The predicted molar refractivity (Wildman–Crippen MR) is 79.3 cm³/mol. The highest BCUT2D eigenvalue weighted by Gasteiger charge is 2.44. The molecule has 0 amide bonds. The summed E-state index contributed by atoms with van der Waals surface area (Å²) in [6.45, 7) is -0.466. The van der Waals surface area contributed by atoms with Crippen molar-refractivity contribution in [3.63, 3.8) is 0 Å². The van der Waals surface area contributed by atoms with Gasteiger partial charge in [0, 0.05) is 0 Å². The largest absolute Gasteiger partial charge is 0.479 e. The van der Waals surface area contributed by atoms with E-state index in [1.54, 1.807) is 60.7 Å². The van der Waals surface area contributed by atoms with Crippen LogP contribution in [0.2, 0.25) is 0 Å². The second-order valence-electron chi connectivity index (χ2n) is 4.58. The molecule has 0 bridgehead atoms. The summed E-state index contributed by atoms with van der Waals surface area (Å²) in [4.78, 5) is 23.4. The Balaban J connectivity index is 2.55. The van der Waals surface area contributed by atoms with E-state index in [-0.39, 0.29) is 0 Å². The summed E-state index contributed by atoms with van der Waals surface area (Å²) < 4.78 is 10.1. The summed E-state index contributed by atoms with van der Waals surface area (Å²) in [5.74, 6) is -1.84. The molecule has 0 aliphatic heterocycles. The predicted octanol–water partition coefficient (Wildman–Crippen LogP) is 2.20. The zero-order valence-electron chi connectivity index (χ0n) is 12.1. The molecule has 0 saturated carbocycles. The highest BCUT2D eigenvalue weighted by molar-refractivity contribution is 5.84. The number of carbonyl (C=O) groups is 2. The van der Waals surface area contributed by atoms with Crippen molar-refractivity contribution in [1.29, 1.82) is 0 Å². The van der Waals surface area contributed by atoms with Gasteiger partial charge in [0.1, 0.15) is 6.61 Å². The van der Waals surface area contributed by atoms with Crippen LogP contribution in [0.5, 0.6) is 0 Å². The van der Waals surface area contributed by atoms with Crippen molar-refractivity contribution in [1.82, 2.24) is 0 Å². The molecule has 0 fully saturated rings. The summed E-state index contributed by atoms with van der Waals surface area (Å²) in [6.07, 6.45) is 0. The van der Waals surface area contributed by atoms with Gasteiger partial charge in [0.2, 0.25) is 5.60 Å². The molecule has 2 aromatic rings. The fourth-order valence-electron chi connectivity index (χ4n) is 2.21. The molecular weight excluding hydrogens is 284 g/mol. The zero-order valence-corrected chi connectivity index (χ0v) is 12.1. The number of carboxylic acids is 1. The standard InChI is InChI=1S/C17H16O5/c1-21-15(18)12-22-17(16(19)20,13-8-4-2-5-9-13)14-10-6-3-7-11-14/h2-11H,12H2,1H3,(H,19,20). The number of ether oxygens (including phenoxy) is 2. The Hall–Kier alpha value is -2.66. The number of hydrogen-bond donors (Lipinski definition) is 1. The minimum Gasteiger partial charge on any atom is -0.479 e. The van der Waals surface area contributed by atoms with Crippen LogP contribution in [0, 0.1) is 0 Å². The molecule has 0 aliphatic rings. The number of aliphatic carboxylic acids is 1. The second kappa shape index (κ2) is 6.87. The molecule has 0 heterocycles. The van der Waals surface area contributed by atoms with Gasteiger partial charge in [0.15, 0.2) is 0 Å². The molecule has 2 rings (SSSR count). The lowest BCUT2D eigenvalue weighted by atomic mass is 9.86. The molecule has 0 saturated heterocycles. The molecule has 114 valence electrons. The molecule has 5 nitrogen and oxygen atoms in total. The Labute approximate surface area is 128 Å². The Morgan fingerprint density at radius 3 is 1.77 bits per heavy atom. The van der Waals surface area contributed by atoms with E-state index in [1.165, 1.54) is 7.11 Å². The van der Waals surface area contributed by atoms with E-state index in [0.717, 1.165) is 0 Å². The second-order valence-corrected chi connectivity index (χ2v) is 4.58. The van der Waals surface area contributed by atoms with Crippen LogP contribution in [0.25, 0.3) is 0 Å². The zero-order chi connectivity index (χ0) is 16.0. The smallest absolute Gasteiger partial charge is 0.345 e. The molecular formula is C17H16O5. The molecule has 1 N–H and O–H groups in total. The first-order valence-electron chi connectivity index (χ1n) is 6.66. The van der Waals surface area contributed by atoms with E-state index in [4.69, 9.17) is 4.74 Å². The van der Waals surface area contributed by atoms with E-state index in [2.05, 4.69) is 4.74 Å². The van der Waals surface area contributed by atoms with Crippen molar-refractivity contribution in [2.75, 3.05) is 13.7 Å². The highest BCUT2D eigenvalue weighted by Crippen LogP contribution is 2.34. The molecule has 0 aromatic heterocycles. The van der Waals surface area contributed by atoms with E-state index < -0.39 is 24.1 Å². The Morgan fingerprint density at radius 1 is 0.955 bits per heavy atom. The van der Waals surface area contributed by atoms with E-state index >= 15 is 0 Å². The molecule has 22 heavy (non-hydrogen) atoms. The number of esters is 1. The third-order valence-electron chi connectivity index (χ3n) is 3.30. The molecule has 0 aliphatic carbocycles. The number of methoxy groups -OCH3 is 1. The van der Waals surface area contributed by atoms with Crippen molar-refractivity contribution in [2.24, 2.45) is 0 Å². The average Bonchev–Trinajstić information content (AvgIpc) is 2.57. The van der Waals surface area contributed by atoms with Crippen molar-refractivity contribution < 1.29 is 24.2 Å². The SMILES string of the molecule is COC(=O)COC(C(=O)O)(c1ccccc1)c1ccccc1. The van der Waals surface area contributed by atoms with Crippen molar-refractivity contribution in [2.45, 2.75) is 5.60 Å². The van der Waals surface area contributed by atoms with Crippen LogP contribution in [0.4, 0.5) is 0 Å². The van der Waals surface area contributed by atoms with E-state index in [1.807, 2.05) is 0 Å². The molecule has 0 unspecified atom stereocenters. The Morgan fingerprint density at radius 2 is 1.41 bits per heavy atom. The number of rotatable bonds is 6. The van der Waals surface area contributed by atoms with Gasteiger partial charge in [-0.1, -0.05) is 60.7 Å². The monoisotopic (exact) mass is 300 g/mol. The number of carbonyl (C=O) groups excluding carboxylic acids is 1. The maximum atomic E-state index is 12.0. The van der Waals surface area contributed by atoms with Crippen LogP contribution in [0.3, 0.4) is 0 Å². The number of benzene rings is 2. The fourth-order valence-corrected chi connectivity index (χ4v) is 2.21. The van der Waals surface area contributed by atoms with Gasteiger partial charge in [0.05, 0.1) is 7.11 Å². The third kappa shape index (κ3) is 2.99. The van der Waals surface area contributed by atoms with Gasteiger partial charge in [-0.25, -0.2) is 9.59 Å². The topological polar surface area (TPSA) is 72.8 Å². The van der Waals surface area contributed by atoms with E-state index in [9.17, 15) is 14.7 Å². The first kappa shape index (κ1) is 15.7.